The van der Waals surface area contributed by atoms with Crippen molar-refractivity contribution in [3.05, 3.63) is 23.7 Å². The van der Waals surface area contributed by atoms with Crippen LogP contribution in [0.1, 0.15) is 11.5 Å². The maximum absolute atomic E-state index is 6.11. The van der Waals surface area contributed by atoms with Gasteiger partial charge in [0.1, 0.15) is 11.5 Å². The normalized spacial score (nSPS) is 29.4. The zero-order valence-electron chi connectivity index (χ0n) is 13.2. The molecule has 5 nitrogen and oxygen atoms in total. The van der Waals surface area contributed by atoms with Gasteiger partial charge in [0.25, 0.3) is 0 Å². The van der Waals surface area contributed by atoms with Crippen molar-refractivity contribution >= 4 is 0 Å². The molecule has 2 aliphatic rings. The molecule has 0 N–H and O–H groups in total. The molecule has 0 unspecified atom stereocenters. The molecule has 0 aromatic carbocycles. The number of hydrogen-bond acceptors (Lipinski definition) is 5. The lowest BCUT2D eigenvalue weighted by Crippen LogP contribution is -2.32. The number of fused-ring (bicyclic) bond motifs is 1. The Morgan fingerprint density at radius 3 is 2.90 bits per heavy atom. The van der Waals surface area contributed by atoms with Crippen LogP contribution in [0.4, 0.5) is 0 Å². The van der Waals surface area contributed by atoms with Crippen LogP contribution in [-0.2, 0) is 16.0 Å². The van der Waals surface area contributed by atoms with Crippen molar-refractivity contribution in [1.29, 1.82) is 0 Å². The average Bonchev–Trinajstić information content (AvgIpc) is 3.09. The van der Waals surface area contributed by atoms with Crippen LogP contribution in [0.5, 0.6) is 0 Å². The molecule has 5 heteroatoms. The van der Waals surface area contributed by atoms with E-state index in [1.165, 1.54) is 0 Å². The van der Waals surface area contributed by atoms with Crippen LogP contribution in [0.15, 0.2) is 16.5 Å². The van der Waals surface area contributed by atoms with Gasteiger partial charge in [0.05, 0.1) is 32.5 Å². The van der Waals surface area contributed by atoms with Crippen molar-refractivity contribution < 1.29 is 13.9 Å². The SMILES string of the molecule is Cc1ccc(CN2C[C@H](OCCN(C)C)[C@H]3COC[C@H]32)o1. The van der Waals surface area contributed by atoms with E-state index in [1.54, 1.807) is 0 Å². The van der Waals surface area contributed by atoms with Crippen LogP contribution in [0.3, 0.4) is 0 Å². The Kier molecular flexibility index (Phi) is 4.64. The highest BCUT2D eigenvalue weighted by Crippen LogP contribution is 2.33. The van der Waals surface area contributed by atoms with Gasteiger partial charge in [-0.3, -0.25) is 4.90 Å². The first-order valence-corrected chi connectivity index (χ1v) is 7.77. The van der Waals surface area contributed by atoms with E-state index in [2.05, 4.69) is 30.0 Å². The maximum Gasteiger partial charge on any atom is 0.118 e. The van der Waals surface area contributed by atoms with Gasteiger partial charge < -0.3 is 18.8 Å². The minimum atomic E-state index is 0.286. The van der Waals surface area contributed by atoms with E-state index in [0.717, 1.165) is 51.0 Å². The van der Waals surface area contributed by atoms with Gasteiger partial charge in [-0.1, -0.05) is 0 Å². The van der Waals surface area contributed by atoms with Crippen LogP contribution >= 0.6 is 0 Å². The molecule has 1 aromatic heterocycles. The van der Waals surface area contributed by atoms with Gasteiger partial charge in [0, 0.05) is 25.0 Å². The predicted molar refractivity (Wildman–Crippen MR) is 80.2 cm³/mol. The lowest BCUT2D eigenvalue weighted by atomic mass is 10.0. The number of furan rings is 1. The molecule has 2 saturated heterocycles. The number of hydrogen-bond donors (Lipinski definition) is 0. The molecular weight excluding hydrogens is 268 g/mol. The summed E-state index contributed by atoms with van der Waals surface area (Å²) in [6, 6.07) is 4.57. The summed E-state index contributed by atoms with van der Waals surface area (Å²) in [5.41, 5.74) is 0. The highest BCUT2D eigenvalue weighted by molar-refractivity contribution is 5.07. The Bertz CT molecular complexity index is 460. The summed E-state index contributed by atoms with van der Waals surface area (Å²) in [5.74, 6) is 2.51. The van der Waals surface area contributed by atoms with Crippen molar-refractivity contribution in [3.63, 3.8) is 0 Å². The first-order chi connectivity index (χ1) is 10.1. The Labute approximate surface area is 126 Å². The molecule has 2 aliphatic heterocycles. The third-order valence-corrected chi connectivity index (χ3v) is 4.48. The quantitative estimate of drug-likeness (QED) is 0.792. The smallest absolute Gasteiger partial charge is 0.118 e. The van der Waals surface area contributed by atoms with Crippen molar-refractivity contribution in [3.8, 4) is 0 Å². The highest BCUT2D eigenvalue weighted by atomic mass is 16.5. The summed E-state index contributed by atoms with van der Waals surface area (Å²) in [7, 11) is 4.15. The number of aryl methyl sites for hydroxylation is 1. The molecule has 3 atom stereocenters. The van der Waals surface area contributed by atoms with E-state index in [0.29, 0.717) is 12.0 Å². The fourth-order valence-electron chi connectivity index (χ4n) is 3.31. The number of rotatable bonds is 6. The first kappa shape index (κ1) is 15.0. The van der Waals surface area contributed by atoms with Gasteiger partial charge in [0.15, 0.2) is 0 Å². The van der Waals surface area contributed by atoms with Crippen LogP contribution in [-0.4, -0.2) is 69.0 Å². The van der Waals surface area contributed by atoms with Gasteiger partial charge in [-0.05, 0) is 33.2 Å². The van der Waals surface area contributed by atoms with Crippen LogP contribution in [0, 0.1) is 12.8 Å². The monoisotopic (exact) mass is 294 g/mol. The Morgan fingerprint density at radius 1 is 1.33 bits per heavy atom. The van der Waals surface area contributed by atoms with Crippen molar-refractivity contribution in [1.82, 2.24) is 9.80 Å². The topological polar surface area (TPSA) is 38.1 Å². The molecule has 3 rings (SSSR count). The van der Waals surface area contributed by atoms with Gasteiger partial charge in [0.2, 0.25) is 0 Å². The van der Waals surface area contributed by atoms with Gasteiger partial charge >= 0.3 is 0 Å². The molecule has 21 heavy (non-hydrogen) atoms. The molecule has 0 radical (unpaired) electrons. The van der Waals surface area contributed by atoms with Gasteiger partial charge in [-0.2, -0.15) is 0 Å². The third kappa shape index (κ3) is 3.48. The number of likely N-dealkylation sites (N-methyl/N-ethyl adjacent to an activating group) is 1. The van der Waals surface area contributed by atoms with E-state index in [4.69, 9.17) is 13.9 Å². The minimum absolute atomic E-state index is 0.286. The fraction of sp³-hybridized carbons (Fsp3) is 0.750. The summed E-state index contributed by atoms with van der Waals surface area (Å²) in [4.78, 5) is 4.61. The molecule has 1 aromatic rings. The second-order valence-electron chi connectivity index (χ2n) is 6.42. The average molecular weight is 294 g/mol. The fourth-order valence-corrected chi connectivity index (χ4v) is 3.31. The van der Waals surface area contributed by atoms with Crippen molar-refractivity contribution in [2.24, 2.45) is 5.92 Å². The van der Waals surface area contributed by atoms with E-state index in [1.807, 2.05) is 13.0 Å². The first-order valence-electron chi connectivity index (χ1n) is 7.77. The van der Waals surface area contributed by atoms with E-state index >= 15 is 0 Å². The second-order valence-corrected chi connectivity index (χ2v) is 6.42. The molecule has 2 fully saturated rings. The van der Waals surface area contributed by atoms with E-state index < -0.39 is 0 Å². The summed E-state index contributed by atoms with van der Waals surface area (Å²) < 4.78 is 17.5. The predicted octanol–water partition coefficient (Wildman–Crippen LogP) is 1.37. The van der Waals surface area contributed by atoms with Gasteiger partial charge in [-0.15, -0.1) is 0 Å². The van der Waals surface area contributed by atoms with Crippen LogP contribution in [0.25, 0.3) is 0 Å². The molecule has 0 spiro atoms. The standard InChI is InChI=1S/C16H26N2O3/c1-12-4-5-13(21-12)8-18-9-16(20-7-6-17(2)3)14-10-19-11-15(14)18/h4-5,14-16H,6-11H2,1-3H3/t14-,15+,16-/m0/s1. The Balaban J connectivity index is 1.58. The highest BCUT2D eigenvalue weighted by Gasteiger charge is 2.46. The van der Waals surface area contributed by atoms with Gasteiger partial charge in [-0.25, -0.2) is 0 Å². The lowest BCUT2D eigenvalue weighted by Gasteiger charge is -2.20. The van der Waals surface area contributed by atoms with E-state index in [-0.39, 0.29) is 6.10 Å². The molecule has 118 valence electrons. The summed E-state index contributed by atoms with van der Waals surface area (Å²) in [5, 5.41) is 0. The molecule has 0 aliphatic carbocycles. The summed E-state index contributed by atoms with van der Waals surface area (Å²) >= 11 is 0. The van der Waals surface area contributed by atoms with Crippen molar-refractivity contribution in [2.75, 3.05) is 47.0 Å². The Hall–Kier alpha value is -0.880. The van der Waals surface area contributed by atoms with Crippen molar-refractivity contribution in [2.45, 2.75) is 25.6 Å². The summed E-state index contributed by atoms with van der Waals surface area (Å²) in [6.45, 7) is 7.21. The van der Waals surface area contributed by atoms with Crippen LogP contribution in [0.2, 0.25) is 0 Å². The Morgan fingerprint density at radius 2 is 2.19 bits per heavy atom. The number of likely N-dealkylation sites (tertiary alicyclic amines) is 1. The second kappa shape index (κ2) is 6.48. The zero-order chi connectivity index (χ0) is 14.8. The third-order valence-electron chi connectivity index (χ3n) is 4.48. The minimum Gasteiger partial charge on any atom is -0.465 e. The van der Waals surface area contributed by atoms with Crippen LogP contribution < -0.4 is 0 Å². The maximum atomic E-state index is 6.11. The molecule has 0 amide bonds. The van der Waals surface area contributed by atoms with E-state index in [9.17, 15) is 0 Å². The molecule has 0 saturated carbocycles. The number of nitrogens with zero attached hydrogens (tertiary/aromatic N) is 2. The largest absolute Gasteiger partial charge is 0.465 e. The number of ether oxygens (including phenoxy) is 2. The zero-order valence-corrected chi connectivity index (χ0v) is 13.2. The lowest BCUT2D eigenvalue weighted by molar-refractivity contribution is 0.0129. The molecular formula is C16H26N2O3. The summed E-state index contributed by atoms with van der Waals surface area (Å²) in [6.07, 6.45) is 0.286. The molecule has 3 heterocycles. The molecule has 0 bridgehead atoms.